The van der Waals surface area contributed by atoms with Gasteiger partial charge in [-0.15, -0.1) is 0 Å². The number of anilines is 1. The predicted octanol–water partition coefficient (Wildman–Crippen LogP) is 4.59. The van der Waals surface area contributed by atoms with Gasteiger partial charge < -0.3 is 4.90 Å². The van der Waals surface area contributed by atoms with Crippen LogP contribution < -0.4 is 4.90 Å². The van der Waals surface area contributed by atoms with E-state index in [1.165, 1.54) is 16.8 Å². The largest absolute Gasteiger partial charge is 0.375 e. The van der Waals surface area contributed by atoms with E-state index in [9.17, 15) is 0 Å². The van der Waals surface area contributed by atoms with Crippen LogP contribution >= 0.6 is 0 Å². The summed E-state index contributed by atoms with van der Waals surface area (Å²) in [7, 11) is 2.11. The first-order chi connectivity index (χ1) is 7.63. The van der Waals surface area contributed by atoms with Crippen molar-refractivity contribution >= 4 is 11.8 Å². The topological polar surface area (TPSA) is 3.24 Å². The second-order valence-electron chi connectivity index (χ2n) is 3.83. The molecule has 0 unspecified atom stereocenters. The van der Waals surface area contributed by atoms with Crippen LogP contribution in [0.5, 0.6) is 0 Å². The van der Waals surface area contributed by atoms with Crippen molar-refractivity contribution in [1.29, 1.82) is 0 Å². The molecule has 0 N–H and O–H groups in total. The van der Waals surface area contributed by atoms with E-state index in [1.54, 1.807) is 0 Å². The standard InChI is InChI=1S/C13H19N.C2H6/c1-5-14(4)13-8-6-12(7-9-13)10-11(2)3;1-2/h6-10H,5H2,1-4H3;1-2H3. The molecule has 1 nitrogen and oxygen atoms in total. The van der Waals surface area contributed by atoms with E-state index >= 15 is 0 Å². The molecule has 0 heterocycles. The van der Waals surface area contributed by atoms with Crippen molar-refractivity contribution in [1.82, 2.24) is 0 Å². The van der Waals surface area contributed by atoms with Gasteiger partial charge in [0.1, 0.15) is 0 Å². The molecule has 0 bridgehead atoms. The van der Waals surface area contributed by atoms with E-state index in [2.05, 4.69) is 63.1 Å². The zero-order chi connectivity index (χ0) is 12.6. The Morgan fingerprint density at radius 2 is 1.62 bits per heavy atom. The number of hydrogen-bond donors (Lipinski definition) is 0. The van der Waals surface area contributed by atoms with Crippen LogP contribution in [0, 0.1) is 0 Å². The van der Waals surface area contributed by atoms with Gasteiger partial charge in [0.15, 0.2) is 0 Å². The van der Waals surface area contributed by atoms with E-state index in [4.69, 9.17) is 0 Å². The summed E-state index contributed by atoms with van der Waals surface area (Å²) in [6.45, 7) is 11.4. The van der Waals surface area contributed by atoms with E-state index in [0.717, 1.165) is 6.54 Å². The molecule has 0 aromatic heterocycles. The maximum Gasteiger partial charge on any atom is 0.0363 e. The maximum atomic E-state index is 2.23. The van der Waals surface area contributed by atoms with Gasteiger partial charge in [0.25, 0.3) is 0 Å². The first-order valence-electron chi connectivity index (χ1n) is 6.09. The second kappa shape index (κ2) is 7.98. The van der Waals surface area contributed by atoms with E-state index in [1.807, 2.05) is 13.8 Å². The summed E-state index contributed by atoms with van der Waals surface area (Å²) in [5, 5.41) is 0. The number of rotatable bonds is 3. The molecule has 0 amide bonds. The SMILES string of the molecule is CC.CCN(C)c1ccc(C=C(C)C)cc1. The monoisotopic (exact) mass is 219 g/mol. The van der Waals surface area contributed by atoms with Crippen molar-refractivity contribution in [3.63, 3.8) is 0 Å². The summed E-state index contributed by atoms with van der Waals surface area (Å²) in [5.74, 6) is 0. The lowest BCUT2D eigenvalue weighted by atomic mass is 10.1. The Balaban J connectivity index is 0.00000106. The molecule has 0 fully saturated rings. The Morgan fingerprint density at radius 1 is 1.12 bits per heavy atom. The molecule has 16 heavy (non-hydrogen) atoms. The summed E-state index contributed by atoms with van der Waals surface area (Å²) in [5.41, 5.74) is 3.89. The fraction of sp³-hybridized carbons (Fsp3) is 0.467. The van der Waals surface area contributed by atoms with Gasteiger partial charge in [-0.3, -0.25) is 0 Å². The highest BCUT2D eigenvalue weighted by molar-refractivity contribution is 5.57. The molecule has 0 atom stereocenters. The van der Waals surface area contributed by atoms with Gasteiger partial charge in [-0.2, -0.15) is 0 Å². The molecule has 1 aromatic carbocycles. The highest BCUT2D eigenvalue weighted by Gasteiger charge is 1.96. The summed E-state index contributed by atoms with van der Waals surface area (Å²) in [4.78, 5) is 2.23. The molecule has 0 aliphatic carbocycles. The fourth-order valence-electron chi connectivity index (χ4n) is 1.34. The van der Waals surface area contributed by atoms with Gasteiger partial charge in [-0.1, -0.05) is 37.6 Å². The lowest BCUT2D eigenvalue weighted by Gasteiger charge is -2.16. The van der Waals surface area contributed by atoms with E-state index in [-0.39, 0.29) is 0 Å². The molecule has 0 aliphatic heterocycles. The quantitative estimate of drug-likeness (QED) is 0.718. The average Bonchev–Trinajstić information content (AvgIpc) is 2.31. The van der Waals surface area contributed by atoms with Gasteiger partial charge >= 0.3 is 0 Å². The highest BCUT2D eigenvalue weighted by atomic mass is 15.1. The fourth-order valence-corrected chi connectivity index (χ4v) is 1.34. The minimum atomic E-state index is 1.04. The zero-order valence-electron chi connectivity index (χ0n) is 11.5. The van der Waals surface area contributed by atoms with Gasteiger partial charge in [0, 0.05) is 19.3 Å². The van der Waals surface area contributed by atoms with Crippen LogP contribution in [0.3, 0.4) is 0 Å². The third kappa shape index (κ3) is 5.01. The molecular weight excluding hydrogens is 194 g/mol. The smallest absolute Gasteiger partial charge is 0.0363 e. The molecule has 0 saturated carbocycles. The molecule has 0 saturated heterocycles. The summed E-state index contributed by atoms with van der Waals surface area (Å²) in [6.07, 6.45) is 2.19. The normalized spacial score (nSPS) is 8.88. The lowest BCUT2D eigenvalue weighted by molar-refractivity contribution is 0.968. The van der Waals surface area contributed by atoms with Crippen molar-refractivity contribution in [2.45, 2.75) is 34.6 Å². The minimum absolute atomic E-state index is 1.04. The van der Waals surface area contributed by atoms with Crippen molar-refractivity contribution in [2.24, 2.45) is 0 Å². The third-order valence-corrected chi connectivity index (χ3v) is 2.26. The lowest BCUT2D eigenvalue weighted by Crippen LogP contribution is -2.15. The second-order valence-corrected chi connectivity index (χ2v) is 3.83. The van der Waals surface area contributed by atoms with Crippen LogP contribution in [0.4, 0.5) is 5.69 Å². The highest BCUT2D eigenvalue weighted by Crippen LogP contribution is 2.15. The van der Waals surface area contributed by atoms with E-state index in [0.29, 0.717) is 0 Å². The Morgan fingerprint density at radius 3 is 2.00 bits per heavy atom. The Labute approximate surface area is 101 Å². The summed E-state index contributed by atoms with van der Waals surface area (Å²) < 4.78 is 0. The number of allylic oxidation sites excluding steroid dienone is 1. The van der Waals surface area contributed by atoms with Crippen molar-refractivity contribution in [3.05, 3.63) is 35.4 Å². The van der Waals surface area contributed by atoms with Gasteiger partial charge in [-0.25, -0.2) is 0 Å². The average molecular weight is 219 g/mol. The molecular formula is C15H25N. The molecule has 1 heteroatoms. The van der Waals surface area contributed by atoms with E-state index < -0.39 is 0 Å². The Kier molecular flexibility index (Phi) is 7.36. The predicted molar refractivity (Wildman–Crippen MR) is 76.1 cm³/mol. The third-order valence-electron chi connectivity index (χ3n) is 2.26. The van der Waals surface area contributed by atoms with Crippen LogP contribution in [0.1, 0.15) is 40.2 Å². The Hall–Kier alpha value is -1.24. The van der Waals surface area contributed by atoms with Crippen LogP contribution in [0.25, 0.3) is 6.08 Å². The van der Waals surface area contributed by atoms with Crippen molar-refractivity contribution in [3.8, 4) is 0 Å². The Bertz CT molecular complexity index is 305. The molecule has 1 rings (SSSR count). The summed E-state index contributed by atoms with van der Waals surface area (Å²) in [6, 6.07) is 8.65. The van der Waals surface area contributed by atoms with Crippen molar-refractivity contribution in [2.75, 3.05) is 18.5 Å². The number of nitrogens with zero attached hydrogens (tertiary/aromatic N) is 1. The van der Waals surface area contributed by atoms with Crippen LogP contribution in [-0.2, 0) is 0 Å². The van der Waals surface area contributed by atoms with Crippen LogP contribution in [0.2, 0.25) is 0 Å². The van der Waals surface area contributed by atoms with Gasteiger partial charge in [-0.05, 0) is 38.5 Å². The first-order valence-corrected chi connectivity index (χ1v) is 6.09. The molecule has 90 valence electrons. The maximum absolute atomic E-state index is 2.23. The first kappa shape index (κ1) is 14.8. The number of benzene rings is 1. The van der Waals surface area contributed by atoms with Crippen LogP contribution in [0.15, 0.2) is 29.8 Å². The van der Waals surface area contributed by atoms with Gasteiger partial charge in [0.05, 0.1) is 0 Å². The molecule has 0 spiro atoms. The van der Waals surface area contributed by atoms with Gasteiger partial charge in [0.2, 0.25) is 0 Å². The zero-order valence-corrected chi connectivity index (χ0v) is 11.5. The van der Waals surface area contributed by atoms with Crippen LogP contribution in [-0.4, -0.2) is 13.6 Å². The minimum Gasteiger partial charge on any atom is -0.375 e. The molecule has 1 aromatic rings. The molecule has 0 radical (unpaired) electrons. The molecule has 0 aliphatic rings. The number of hydrogen-bond acceptors (Lipinski definition) is 1. The van der Waals surface area contributed by atoms with Crippen molar-refractivity contribution < 1.29 is 0 Å². The summed E-state index contributed by atoms with van der Waals surface area (Å²) >= 11 is 0.